The quantitative estimate of drug-likeness (QED) is 0.539. The highest BCUT2D eigenvalue weighted by Crippen LogP contribution is 2.24. The first-order valence-electron chi connectivity index (χ1n) is 7.14. The van der Waals surface area contributed by atoms with Crippen LogP contribution in [0.4, 0.5) is 11.5 Å². The van der Waals surface area contributed by atoms with E-state index >= 15 is 0 Å². The molecule has 0 spiro atoms. The number of azo groups is 1. The van der Waals surface area contributed by atoms with Crippen molar-refractivity contribution in [3.63, 3.8) is 0 Å². The predicted molar refractivity (Wildman–Crippen MR) is 86.6 cm³/mol. The topological polar surface area (TPSA) is 68.3 Å². The molecule has 3 rings (SSSR count). The van der Waals surface area contributed by atoms with Gasteiger partial charge in [-0.05, 0) is 49.7 Å². The van der Waals surface area contributed by atoms with Gasteiger partial charge in [0.2, 0.25) is 0 Å². The molecule has 0 aliphatic rings. The largest absolute Gasteiger partial charge is 0.465 e. The number of carbonyl (C=O) groups excluding carboxylic acids is 1. The fraction of sp³-hybridized carbons (Fsp3) is 0.176. The number of aromatic nitrogens is 2. The summed E-state index contributed by atoms with van der Waals surface area (Å²) >= 11 is 0. The molecule has 0 saturated heterocycles. The molecule has 116 valence electrons. The first-order valence-corrected chi connectivity index (χ1v) is 7.14. The van der Waals surface area contributed by atoms with Crippen molar-refractivity contribution in [1.29, 1.82) is 0 Å². The lowest BCUT2D eigenvalue weighted by atomic mass is 10.2. The summed E-state index contributed by atoms with van der Waals surface area (Å²) in [5.74, 6) is 0.322. The van der Waals surface area contributed by atoms with Crippen molar-refractivity contribution in [3.05, 3.63) is 59.4 Å². The predicted octanol–water partition coefficient (Wildman–Crippen LogP) is 4.15. The summed E-state index contributed by atoms with van der Waals surface area (Å²) in [5, 5.41) is 8.54. The Morgan fingerprint density at radius 3 is 2.52 bits per heavy atom. The molecule has 0 unspecified atom stereocenters. The number of esters is 1. The van der Waals surface area contributed by atoms with Crippen LogP contribution in [0.15, 0.2) is 52.8 Å². The number of ether oxygens (including phenoxy) is 1. The molecule has 0 aliphatic carbocycles. The van der Waals surface area contributed by atoms with Gasteiger partial charge in [0.05, 0.1) is 24.1 Å². The van der Waals surface area contributed by atoms with Crippen LogP contribution in [-0.4, -0.2) is 22.5 Å². The smallest absolute Gasteiger partial charge is 0.337 e. The number of carbonyl (C=O) groups is 1. The molecular weight excluding hydrogens is 292 g/mol. The number of rotatable bonds is 3. The van der Waals surface area contributed by atoms with Crippen molar-refractivity contribution in [2.45, 2.75) is 13.8 Å². The Morgan fingerprint density at radius 2 is 1.83 bits per heavy atom. The summed E-state index contributed by atoms with van der Waals surface area (Å²) in [6, 6.07) is 10.7. The van der Waals surface area contributed by atoms with E-state index in [9.17, 15) is 4.79 Å². The van der Waals surface area contributed by atoms with Crippen molar-refractivity contribution < 1.29 is 9.53 Å². The number of imidazole rings is 1. The normalized spacial score (nSPS) is 11.3. The molecular formula is C17H16N4O2. The van der Waals surface area contributed by atoms with Gasteiger partial charge in [-0.15, -0.1) is 10.2 Å². The van der Waals surface area contributed by atoms with Gasteiger partial charge in [-0.25, -0.2) is 9.78 Å². The lowest BCUT2D eigenvalue weighted by Gasteiger charge is -1.99. The van der Waals surface area contributed by atoms with Gasteiger partial charge in [-0.2, -0.15) is 0 Å². The SMILES string of the molecule is COC(=O)c1ccc(N=Nc2c(C)nc3ccc(C)cn23)cc1. The molecule has 1 aromatic carbocycles. The summed E-state index contributed by atoms with van der Waals surface area (Å²) in [7, 11) is 1.35. The maximum atomic E-state index is 11.4. The number of pyridine rings is 1. The van der Waals surface area contributed by atoms with E-state index in [0.717, 1.165) is 16.9 Å². The van der Waals surface area contributed by atoms with Gasteiger partial charge in [0.1, 0.15) is 5.65 Å². The van der Waals surface area contributed by atoms with Crippen LogP contribution in [0.25, 0.3) is 5.65 Å². The summed E-state index contributed by atoms with van der Waals surface area (Å²) < 4.78 is 6.58. The van der Waals surface area contributed by atoms with Gasteiger partial charge in [0.15, 0.2) is 5.82 Å². The van der Waals surface area contributed by atoms with E-state index in [4.69, 9.17) is 0 Å². The average Bonchev–Trinajstić information content (AvgIpc) is 2.87. The molecule has 2 heterocycles. The molecule has 0 aliphatic heterocycles. The van der Waals surface area contributed by atoms with Gasteiger partial charge in [0, 0.05) is 6.20 Å². The second-order valence-electron chi connectivity index (χ2n) is 5.19. The fourth-order valence-electron chi connectivity index (χ4n) is 2.26. The molecule has 0 N–H and O–H groups in total. The molecule has 0 atom stereocenters. The number of aryl methyl sites for hydroxylation is 2. The molecule has 0 radical (unpaired) electrons. The van der Waals surface area contributed by atoms with E-state index in [0.29, 0.717) is 17.1 Å². The van der Waals surface area contributed by atoms with Crippen molar-refractivity contribution in [1.82, 2.24) is 9.38 Å². The van der Waals surface area contributed by atoms with Crippen molar-refractivity contribution in [2.24, 2.45) is 10.2 Å². The minimum Gasteiger partial charge on any atom is -0.465 e. The highest BCUT2D eigenvalue weighted by atomic mass is 16.5. The van der Waals surface area contributed by atoms with Gasteiger partial charge in [-0.1, -0.05) is 6.07 Å². The number of nitrogens with zero attached hydrogens (tertiary/aromatic N) is 4. The van der Waals surface area contributed by atoms with Crippen molar-refractivity contribution in [3.8, 4) is 0 Å². The van der Waals surface area contributed by atoms with Crippen LogP contribution in [0.1, 0.15) is 21.6 Å². The standard InChI is InChI=1S/C17H16N4O2/c1-11-4-9-15-18-12(2)16(21(15)10-11)20-19-14-7-5-13(6-8-14)17(22)23-3/h4-10H,1-3H3. The Labute approximate surface area is 133 Å². The molecule has 0 bridgehead atoms. The number of hydrogen-bond acceptors (Lipinski definition) is 5. The minimum atomic E-state index is -0.374. The summed E-state index contributed by atoms with van der Waals surface area (Å²) in [6.07, 6.45) is 1.98. The van der Waals surface area contributed by atoms with Crippen LogP contribution >= 0.6 is 0 Å². The number of methoxy groups -OCH3 is 1. The first kappa shape index (κ1) is 14.9. The van der Waals surface area contributed by atoms with Crippen molar-refractivity contribution in [2.75, 3.05) is 7.11 Å². The Balaban J connectivity index is 1.92. The van der Waals surface area contributed by atoms with E-state index < -0.39 is 0 Å². The number of hydrogen-bond donors (Lipinski definition) is 0. The van der Waals surface area contributed by atoms with Crippen LogP contribution in [0.5, 0.6) is 0 Å². The molecule has 3 aromatic rings. The average molecular weight is 308 g/mol. The van der Waals surface area contributed by atoms with E-state index in [1.165, 1.54) is 7.11 Å². The van der Waals surface area contributed by atoms with Gasteiger partial charge >= 0.3 is 5.97 Å². The number of fused-ring (bicyclic) bond motifs is 1. The molecule has 23 heavy (non-hydrogen) atoms. The molecule has 0 fully saturated rings. The van der Waals surface area contributed by atoms with Crippen LogP contribution in [0.2, 0.25) is 0 Å². The Bertz CT molecular complexity index is 895. The zero-order valence-corrected chi connectivity index (χ0v) is 13.1. The van der Waals surface area contributed by atoms with Crippen LogP contribution < -0.4 is 0 Å². The zero-order valence-electron chi connectivity index (χ0n) is 13.1. The van der Waals surface area contributed by atoms with E-state index in [1.807, 2.05) is 36.6 Å². The Kier molecular flexibility index (Phi) is 3.89. The van der Waals surface area contributed by atoms with Gasteiger partial charge in [0.25, 0.3) is 0 Å². The zero-order chi connectivity index (χ0) is 16.4. The molecule has 0 amide bonds. The minimum absolute atomic E-state index is 0.374. The van der Waals surface area contributed by atoms with Crippen LogP contribution in [0.3, 0.4) is 0 Å². The third-order valence-corrected chi connectivity index (χ3v) is 3.46. The highest BCUT2D eigenvalue weighted by molar-refractivity contribution is 5.89. The van der Waals surface area contributed by atoms with Crippen LogP contribution in [-0.2, 0) is 4.74 Å². The van der Waals surface area contributed by atoms with Gasteiger partial charge < -0.3 is 4.74 Å². The molecule has 6 nitrogen and oxygen atoms in total. The van der Waals surface area contributed by atoms with Crippen molar-refractivity contribution >= 4 is 23.1 Å². The monoisotopic (exact) mass is 308 g/mol. The van der Waals surface area contributed by atoms with Gasteiger partial charge in [-0.3, -0.25) is 4.40 Å². The second-order valence-corrected chi connectivity index (χ2v) is 5.19. The third-order valence-electron chi connectivity index (χ3n) is 3.46. The molecule has 6 heteroatoms. The second kappa shape index (κ2) is 6.00. The van der Waals surface area contributed by atoms with E-state index in [-0.39, 0.29) is 5.97 Å². The fourth-order valence-corrected chi connectivity index (χ4v) is 2.26. The first-order chi connectivity index (χ1) is 11.1. The third kappa shape index (κ3) is 2.96. The molecule has 0 saturated carbocycles. The molecule has 2 aromatic heterocycles. The maximum Gasteiger partial charge on any atom is 0.337 e. The lowest BCUT2D eigenvalue weighted by molar-refractivity contribution is 0.0601. The Hall–Kier alpha value is -3.02. The lowest BCUT2D eigenvalue weighted by Crippen LogP contribution is -1.99. The summed E-state index contributed by atoms with van der Waals surface area (Å²) in [4.78, 5) is 15.9. The van der Waals surface area contributed by atoms with E-state index in [2.05, 4.69) is 19.9 Å². The maximum absolute atomic E-state index is 11.4. The van der Waals surface area contributed by atoms with E-state index in [1.54, 1.807) is 24.3 Å². The summed E-state index contributed by atoms with van der Waals surface area (Å²) in [5.41, 5.74) is 3.90. The highest BCUT2D eigenvalue weighted by Gasteiger charge is 2.08. The Morgan fingerprint density at radius 1 is 1.09 bits per heavy atom. The van der Waals surface area contributed by atoms with Crippen LogP contribution in [0, 0.1) is 13.8 Å². The summed E-state index contributed by atoms with van der Waals surface area (Å²) in [6.45, 7) is 3.91. The number of benzene rings is 1.